The molecule has 1 aromatic rings. The van der Waals surface area contributed by atoms with Crippen LogP contribution < -0.4 is 9.16 Å². The number of hydrogen-bond donors (Lipinski definition) is 1. The Bertz CT molecular complexity index is 582. The third-order valence-electron chi connectivity index (χ3n) is 4.04. The Morgan fingerprint density at radius 1 is 1.36 bits per heavy atom. The van der Waals surface area contributed by atoms with Crippen molar-refractivity contribution in [2.75, 3.05) is 7.11 Å². The average Bonchev–Trinajstić information content (AvgIpc) is 2.37. The molecule has 0 saturated carbocycles. The molecule has 0 aliphatic carbocycles. The Balaban J connectivity index is 3.54. The lowest BCUT2D eigenvalue weighted by atomic mass is 10.1. The number of aromatic carboxylic acids is 1. The van der Waals surface area contributed by atoms with Crippen LogP contribution >= 0.6 is 27.5 Å². The maximum absolute atomic E-state index is 11.6. The predicted octanol–water partition coefficient (Wildman–Crippen LogP) is 5.33. The van der Waals surface area contributed by atoms with E-state index in [0.717, 1.165) is 0 Å². The first-order valence-corrected chi connectivity index (χ1v) is 11.2. The normalized spacial score (nSPS) is 12.2. The molecule has 0 unspecified atom stereocenters. The molecule has 0 atom stereocenters. The maximum Gasteiger partial charge on any atom is 0.337 e. The molecule has 7 heteroatoms. The van der Waals surface area contributed by atoms with E-state index in [9.17, 15) is 9.90 Å². The van der Waals surface area contributed by atoms with Gasteiger partial charge in [-0.2, -0.15) is 0 Å². The number of hydrogen-bond acceptors (Lipinski definition) is 3. The number of rotatable bonds is 5. The Labute approximate surface area is 146 Å². The lowest BCUT2D eigenvalue weighted by molar-refractivity contribution is 0.0695. The lowest BCUT2D eigenvalue weighted by Gasteiger charge is -2.37. The van der Waals surface area contributed by atoms with Crippen molar-refractivity contribution in [3.05, 3.63) is 22.2 Å². The van der Waals surface area contributed by atoms with Crippen LogP contribution in [0.2, 0.25) is 23.2 Å². The highest BCUT2D eigenvalue weighted by Gasteiger charge is 2.40. The van der Waals surface area contributed by atoms with Crippen LogP contribution in [0.1, 0.15) is 36.7 Å². The summed E-state index contributed by atoms with van der Waals surface area (Å²) in [5, 5.41) is 9.89. The van der Waals surface area contributed by atoms with Crippen LogP contribution in [0.3, 0.4) is 0 Å². The highest BCUT2D eigenvalue weighted by atomic mass is 79.9. The molecular weight excluding hydrogens is 388 g/mol. The molecular formula is C15H22BrClO4Si. The van der Waals surface area contributed by atoms with E-state index in [0.29, 0.717) is 22.4 Å². The van der Waals surface area contributed by atoms with Crippen molar-refractivity contribution in [1.82, 2.24) is 0 Å². The monoisotopic (exact) mass is 408 g/mol. The van der Waals surface area contributed by atoms with E-state index in [-0.39, 0.29) is 15.6 Å². The number of methoxy groups -OCH3 is 1. The zero-order valence-electron chi connectivity index (χ0n) is 13.7. The van der Waals surface area contributed by atoms with Crippen molar-refractivity contribution >= 4 is 41.8 Å². The molecule has 22 heavy (non-hydrogen) atoms. The minimum atomic E-state index is -2.12. The zero-order chi connectivity index (χ0) is 17.3. The van der Waals surface area contributed by atoms with Gasteiger partial charge in [0, 0.05) is 17.0 Å². The minimum Gasteiger partial charge on any atom is -0.543 e. The molecule has 1 aromatic carbocycles. The van der Waals surface area contributed by atoms with Crippen LogP contribution in [0.25, 0.3) is 0 Å². The number of halogens is 2. The highest BCUT2D eigenvalue weighted by Crippen LogP contribution is 2.43. The van der Waals surface area contributed by atoms with Crippen LogP contribution in [0.15, 0.2) is 6.07 Å². The topological polar surface area (TPSA) is 55.8 Å². The van der Waals surface area contributed by atoms with Crippen molar-refractivity contribution in [3.63, 3.8) is 0 Å². The smallest absolute Gasteiger partial charge is 0.337 e. The molecule has 0 saturated heterocycles. The molecule has 1 N–H and O–H groups in total. The van der Waals surface area contributed by atoms with Gasteiger partial charge in [-0.1, -0.05) is 48.3 Å². The van der Waals surface area contributed by atoms with Gasteiger partial charge in [-0.15, -0.1) is 0 Å². The second-order valence-electron chi connectivity index (χ2n) is 6.55. The second-order valence-corrected chi connectivity index (χ2v) is 12.2. The number of carboxylic acids is 1. The van der Waals surface area contributed by atoms with Crippen LogP contribution in [-0.4, -0.2) is 26.5 Å². The molecule has 0 spiro atoms. The quantitative estimate of drug-likeness (QED) is 0.528. The number of carboxylic acid groups (broad SMARTS) is 1. The van der Waals surface area contributed by atoms with E-state index < -0.39 is 14.3 Å². The summed E-state index contributed by atoms with van der Waals surface area (Å²) in [6.45, 7) is 10.6. The number of alkyl halides is 1. The Kier molecular flexibility index (Phi) is 5.98. The molecule has 0 aliphatic heterocycles. The van der Waals surface area contributed by atoms with Crippen LogP contribution in [0.5, 0.6) is 11.5 Å². The van der Waals surface area contributed by atoms with Crippen molar-refractivity contribution < 1.29 is 19.1 Å². The van der Waals surface area contributed by atoms with E-state index in [1.54, 1.807) is 6.07 Å². The molecule has 0 radical (unpaired) electrons. The third-order valence-corrected chi connectivity index (χ3v) is 9.31. The van der Waals surface area contributed by atoms with Crippen molar-refractivity contribution in [2.45, 2.75) is 44.2 Å². The minimum absolute atomic E-state index is 0.00710. The first kappa shape index (κ1) is 19.3. The standard InChI is InChI=1S/C15H22BrClO4Si/c1-15(2,3)22(5,6)21-10-7-11(20-4)13(17)12(14(18)19)9(10)8-16/h7H,8H2,1-6H3,(H,18,19). The fraction of sp³-hybridized carbons (Fsp3) is 0.533. The molecule has 0 aromatic heterocycles. The highest BCUT2D eigenvalue weighted by molar-refractivity contribution is 9.08. The molecule has 124 valence electrons. The fourth-order valence-corrected chi connectivity index (χ4v) is 3.59. The van der Waals surface area contributed by atoms with Crippen LogP contribution in [-0.2, 0) is 5.33 Å². The van der Waals surface area contributed by atoms with Crippen molar-refractivity contribution in [3.8, 4) is 11.5 Å². The summed E-state index contributed by atoms with van der Waals surface area (Å²) in [5.74, 6) is -0.280. The van der Waals surface area contributed by atoms with Gasteiger partial charge in [0.25, 0.3) is 0 Å². The number of carbonyl (C=O) groups is 1. The molecule has 4 nitrogen and oxygen atoms in total. The van der Waals surface area contributed by atoms with Gasteiger partial charge in [0.1, 0.15) is 11.5 Å². The van der Waals surface area contributed by atoms with E-state index >= 15 is 0 Å². The summed E-state index contributed by atoms with van der Waals surface area (Å²) in [6, 6.07) is 1.67. The Hall–Kier alpha value is -0.723. The first-order chi connectivity index (χ1) is 9.96. The van der Waals surface area contributed by atoms with Gasteiger partial charge in [-0.25, -0.2) is 4.79 Å². The summed E-state index contributed by atoms with van der Waals surface area (Å²) in [6.07, 6.45) is 0. The van der Waals surface area contributed by atoms with Crippen molar-refractivity contribution in [1.29, 1.82) is 0 Å². The van der Waals surface area contributed by atoms with Crippen LogP contribution in [0.4, 0.5) is 0 Å². The average molecular weight is 410 g/mol. The fourth-order valence-electron chi connectivity index (χ4n) is 1.67. The molecule has 0 amide bonds. The molecule has 1 rings (SSSR count). The summed E-state index contributed by atoms with van der Waals surface area (Å²) >= 11 is 9.49. The van der Waals surface area contributed by atoms with Gasteiger partial charge >= 0.3 is 5.97 Å². The molecule has 0 aliphatic rings. The summed E-state index contributed by atoms with van der Waals surface area (Å²) < 4.78 is 11.5. The summed E-state index contributed by atoms with van der Waals surface area (Å²) in [5.41, 5.74) is 0.551. The van der Waals surface area contributed by atoms with Gasteiger partial charge in [0.2, 0.25) is 8.32 Å². The van der Waals surface area contributed by atoms with Gasteiger partial charge in [0.15, 0.2) is 0 Å². The van der Waals surface area contributed by atoms with E-state index in [2.05, 4.69) is 49.8 Å². The molecule has 0 bridgehead atoms. The SMILES string of the molecule is COc1cc(O[Si](C)(C)C(C)(C)C)c(CBr)c(C(=O)O)c1Cl. The maximum atomic E-state index is 11.6. The largest absolute Gasteiger partial charge is 0.543 e. The lowest BCUT2D eigenvalue weighted by Crippen LogP contribution is -2.44. The third kappa shape index (κ3) is 3.78. The van der Waals surface area contributed by atoms with Gasteiger partial charge in [-0.3, -0.25) is 0 Å². The second kappa shape index (κ2) is 6.80. The molecule has 0 fully saturated rings. The summed E-state index contributed by atoms with van der Waals surface area (Å²) in [4.78, 5) is 11.6. The first-order valence-electron chi connectivity index (χ1n) is 6.84. The summed E-state index contributed by atoms with van der Waals surface area (Å²) in [7, 11) is -0.661. The van der Waals surface area contributed by atoms with Crippen LogP contribution in [0, 0.1) is 0 Å². The Morgan fingerprint density at radius 3 is 2.27 bits per heavy atom. The Morgan fingerprint density at radius 2 is 1.91 bits per heavy atom. The van der Waals surface area contributed by atoms with Gasteiger partial charge in [0.05, 0.1) is 17.7 Å². The predicted molar refractivity (Wildman–Crippen MR) is 95.4 cm³/mol. The van der Waals surface area contributed by atoms with Gasteiger partial charge < -0.3 is 14.3 Å². The van der Waals surface area contributed by atoms with E-state index in [1.807, 2.05) is 0 Å². The van der Waals surface area contributed by atoms with Crippen molar-refractivity contribution in [2.24, 2.45) is 0 Å². The number of benzene rings is 1. The molecule has 0 heterocycles. The van der Waals surface area contributed by atoms with Gasteiger partial charge in [-0.05, 0) is 18.1 Å². The van der Waals surface area contributed by atoms with E-state index in [4.69, 9.17) is 20.8 Å². The number of ether oxygens (including phenoxy) is 1. The zero-order valence-corrected chi connectivity index (χ0v) is 17.1. The van der Waals surface area contributed by atoms with E-state index in [1.165, 1.54) is 7.11 Å².